The van der Waals surface area contributed by atoms with E-state index in [9.17, 15) is 4.79 Å². The SMILES string of the molecule is CCCCCCCCCCCC(=O)OCCOCCOCCOCCOCCOCCOCCOCCCCCCCC. The van der Waals surface area contributed by atoms with Crippen LogP contribution in [0.4, 0.5) is 0 Å². The number of unbranched alkanes of at least 4 members (excludes halogenated alkanes) is 13. The van der Waals surface area contributed by atoms with Gasteiger partial charge in [0.25, 0.3) is 0 Å². The standard InChI is InChI=1S/C34H68O9/c1-3-5-7-9-11-12-13-14-16-18-34(35)43-33-32-42-31-30-41-29-28-40-27-26-39-25-24-38-23-22-37-21-20-36-19-17-15-10-8-6-4-2/h3-33H2,1-2H3. The molecule has 0 aliphatic carbocycles. The van der Waals surface area contributed by atoms with Gasteiger partial charge in [0.1, 0.15) is 6.61 Å². The Balaban J connectivity index is 3.11. The van der Waals surface area contributed by atoms with Gasteiger partial charge in [0, 0.05) is 13.0 Å². The third-order valence-electron chi connectivity index (χ3n) is 6.85. The summed E-state index contributed by atoms with van der Waals surface area (Å²) in [5.74, 6) is -0.128. The first-order valence-electron chi connectivity index (χ1n) is 17.5. The van der Waals surface area contributed by atoms with Gasteiger partial charge in [0.2, 0.25) is 0 Å². The molecule has 0 fully saturated rings. The minimum atomic E-state index is -0.128. The fourth-order valence-electron chi connectivity index (χ4n) is 4.27. The highest BCUT2D eigenvalue weighted by atomic mass is 16.6. The largest absolute Gasteiger partial charge is 0.463 e. The number of hydrogen-bond donors (Lipinski definition) is 0. The summed E-state index contributed by atoms with van der Waals surface area (Å²) in [6, 6.07) is 0. The van der Waals surface area contributed by atoms with E-state index in [1.807, 2.05) is 0 Å². The molecule has 0 aromatic rings. The second-order valence-electron chi connectivity index (χ2n) is 10.9. The molecular weight excluding hydrogens is 552 g/mol. The van der Waals surface area contributed by atoms with Crippen LogP contribution in [-0.4, -0.2) is 105 Å². The molecule has 0 bridgehead atoms. The molecule has 0 saturated heterocycles. The Hall–Kier alpha value is -0.810. The predicted octanol–water partition coefficient (Wildman–Crippen LogP) is 6.93. The Morgan fingerprint density at radius 2 is 0.605 bits per heavy atom. The van der Waals surface area contributed by atoms with E-state index >= 15 is 0 Å². The Morgan fingerprint density at radius 3 is 0.977 bits per heavy atom. The van der Waals surface area contributed by atoms with E-state index in [1.54, 1.807) is 0 Å². The Labute approximate surface area is 264 Å². The van der Waals surface area contributed by atoms with Crippen LogP contribution in [0.1, 0.15) is 117 Å². The molecule has 9 heteroatoms. The van der Waals surface area contributed by atoms with Crippen molar-refractivity contribution in [2.75, 3.05) is 99.1 Å². The molecule has 43 heavy (non-hydrogen) atoms. The van der Waals surface area contributed by atoms with Crippen molar-refractivity contribution in [2.45, 2.75) is 117 Å². The minimum absolute atomic E-state index is 0.128. The van der Waals surface area contributed by atoms with Crippen molar-refractivity contribution in [3.05, 3.63) is 0 Å². The van der Waals surface area contributed by atoms with Crippen LogP contribution in [0.5, 0.6) is 0 Å². The summed E-state index contributed by atoms with van der Waals surface area (Å²) in [4.78, 5) is 11.8. The maximum absolute atomic E-state index is 11.8. The van der Waals surface area contributed by atoms with Crippen molar-refractivity contribution in [3.8, 4) is 0 Å². The zero-order chi connectivity index (χ0) is 31.2. The highest BCUT2D eigenvalue weighted by molar-refractivity contribution is 5.69. The molecule has 0 rings (SSSR count). The number of rotatable bonds is 38. The van der Waals surface area contributed by atoms with Crippen molar-refractivity contribution in [1.29, 1.82) is 0 Å². The van der Waals surface area contributed by atoms with Crippen molar-refractivity contribution in [1.82, 2.24) is 0 Å². The van der Waals surface area contributed by atoms with Crippen LogP contribution in [0.25, 0.3) is 0 Å². The van der Waals surface area contributed by atoms with E-state index in [0.29, 0.717) is 98.9 Å². The summed E-state index contributed by atoms with van der Waals surface area (Å²) >= 11 is 0. The molecule has 0 atom stereocenters. The lowest BCUT2D eigenvalue weighted by Crippen LogP contribution is -2.15. The van der Waals surface area contributed by atoms with Crippen LogP contribution in [0.3, 0.4) is 0 Å². The van der Waals surface area contributed by atoms with Gasteiger partial charge in [-0.3, -0.25) is 4.79 Å². The van der Waals surface area contributed by atoms with Crippen LogP contribution < -0.4 is 0 Å². The first-order chi connectivity index (χ1) is 21.3. The van der Waals surface area contributed by atoms with Gasteiger partial charge in [-0.25, -0.2) is 0 Å². The number of esters is 1. The van der Waals surface area contributed by atoms with Crippen LogP contribution in [0, 0.1) is 0 Å². The molecule has 0 saturated carbocycles. The maximum atomic E-state index is 11.8. The van der Waals surface area contributed by atoms with Crippen molar-refractivity contribution >= 4 is 5.97 Å². The Kier molecular flexibility index (Phi) is 38.5. The number of ether oxygens (including phenoxy) is 8. The predicted molar refractivity (Wildman–Crippen MR) is 172 cm³/mol. The van der Waals surface area contributed by atoms with Crippen LogP contribution in [0.15, 0.2) is 0 Å². The first kappa shape index (κ1) is 42.2. The number of carbonyl (C=O) groups excluding carboxylic acids is 1. The third-order valence-corrected chi connectivity index (χ3v) is 6.85. The van der Waals surface area contributed by atoms with Gasteiger partial charge in [-0.1, -0.05) is 97.3 Å². The van der Waals surface area contributed by atoms with Crippen LogP contribution >= 0.6 is 0 Å². The summed E-state index contributed by atoms with van der Waals surface area (Å²) in [6.07, 6.45) is 19.4. The average molecular weight is 621 g/mol. The number of carbonyl (C=O) groups is 1. The van der Waals surface area contributed by atoms with Gasteiger partial charge < -0.3 is 37.9 Å². The van der Waals surface area contributed by atoms with Crippen molar-refractivity contribution in [2.24, 2.45) is 0 Å². The molecule has 0 aromatic heterocycles. The second-order valence-corrected chi connectivity index (χ2v) is 10.9. The molecule has 0 spiro atoms. The highest BCUT2D eigenvalue weighted by Gasteiger charge is 2.03. The zero-order valence-corrected chi connectivity index (χ0v) is 28.1. The molecule has 0 amide bonds. The monoisotopic (exact) mass is 620 g/mol. The Morgan fingerprint density at radius 1 is 0.326 bits per heavy atom. The lowest BCUT2D eigenvalue weighted by Gasteiger charge is -2.09. The maximum Gasteiger partial charge on any atom is 0.305 e. The summed E-state index contributed by atoms with van der Waals surface area (Å²) in [5, 5.41) is 0. The van der Waals surface area contributed by atoms with E-state index in [2.05, 4.69) is 13.8 Å². The molecule has 9 nitrogen and oxygen atoms in total. The molecule has 0 aromatic carbocycles. The van der Waals surface area contributed by atoms with E-state index in [-0.39, 0.29) is 5.97 Å². The van der Waals surface area contributed by atoms with E-state index in [0.717, 1.165) is 25.9 Å². The van der Waals surface area contributed by atoms with Crippen molar-refractivity contribution in [3.63, 3.8) is 0 Å². The Bertz CT molecular complexity index is 522. The fourth-order valence-corrected chi connectivity index (χ4v) is 4.27. The van der Waals surface area contributed by atoms with E-state index < -0.39 is 0 Å². The molecule has 258 valence electrons. The van der Waals surface area contributed by atoms with Gasteiger partial charge in [-0.2, -0.15) is 0 Å². The first-order valence-corrected chi connectivity index (χ1v) is 17.5. The lowest BCUT2D eigenvalue weighted by atomic mass is 10.1. The van der Waals surface area contributed by atoms with Gasteiger partial charge in [-0.05, 0) is 12.8 Å². The smallest absolute Gasteiger partial charge is 0.305 e. The molecular formula is C34H68O9. The van der Waals surface area contributed by atoms with E-state index in [1.165, 1.54) is 77.0 Å². The summed E-state index contributed by atoms with van der Waals surface area (Å²) in [5.41, 5.74) is 0. The minimum Gasteiger partial charge on any atom is -0.463 e. The molecule has 0 N–H and O–H groups in total. The van der Waals surface area contributed by atoms with Gasteiger partial charge in [0.05, 0.1) is 85.9 Å². The summed E-state index contributed by atoms with van der Waals surface area (Å²) in [6.45, 7) is 12.5. The van der Waals surface area contributed by atoms with Crippen molar-refractivity contribution < 1.29 is 42.7 Å². The molecule has 0 unspecified atom stereocenters. The summed E-state index contributed by atoms with van der Waals surface area (Å²) < 4.78 is 43.7. The van der Waals surface area contributed by atoms with E-state index in [4.69, 9.17) is 37.9 Å². The molecule has 0 heterocycles. The zero-order valence-electron chi connectivity index (χ0n) is 28.1. The molecule has 0 radical (unpaired) electrons. The molecule has 0 aliphatic rings. The second kappa shape index (κ2) is 39.2. The number of hydrogen-bond acceptors (Lipinski definition) is 9. The van der Waals surface area contributed by atoms with Crippen LogP contribution in [-0.2, 0) is 42.7 Å². The topological polar surface area (TPSA) is 90.9 Å². The third kappa shape index (κ3) is 39.2. The van der Waals surface area contributed by atoms with Gasteiger partial charge in [-0.15, -0.1) is 0 Å². The lowest BCUT2D eigenvalue weighted by molar-refractivity contribution is -0.145. The average Bonchev–Trinajstić information content (AvgIpc) is 3.01. The fraction of sp³-hybridized carbons (Fsp3) is 0.971. The quantitative estimate of drug-likeness (QED) is 0.0538. The van der Waals surface area contributed by atoms with Crippen LogP contribution in [0.2, 0.25) is 0 Å². The molecule has 0 aliphatic heterocycles. The summed E-state index contributed by atoms with van der Waals surface area (Å²) in [7, 11) is 0. The normalized spacial score (nSPS) is 11.4. The highest BCUT2D eigenvalue weighted by Crippen LogP contribution is 2.10. The van der Waals surface area contributed by atoms with Gasteiger partial charge in [0.15, 0.2) is 0 Å². The van der Waals surface area contributed by atoms with Gasteiger partial charge >= 0.3 is 5.97 Å².